The van der Waals surface area contributed by atoms with Crippen LogP contribution in [0.1, 0.15) is 19.4 Å². The molecule has 0 N–H and O–H groups in total. The standard InChI is InChI=1S/C13H18O2/c1-10(2)5-6-11-7-12(14-3)9-13(8-11)15-4/h5-10H,1-4H3/b6-5+. The molecule has 0 atom stereocenters. The van der Waals surface area contributed by atoms with E-state index in [1.165, 1.54) is 0 Å². The molecule has 0 bridgehead atoms. The van der Waals surface area contributed by atoms with Gasteiger partial charge in [0.2, 0.25) is 0 Å². The van der Waals surface area contributed by atoms with Gasteiger partial charge in [-0.25, -0.2) is 0 Å². The van der Waals surface area contributed by atoms with Crippen LogP contribution in [0.4, 0.5) is 0 Å². The summed E-state index contributed by atoms with van der Waals surface area (Å²) in [5.41, 5.74) is 1.10. The Hall–Kier alpha value is -1.44. The van der Waals surface area contributed by atoms with Crippen molar-refractivity contribution in [3.05, 3.63) is 29.8 Å². The lowest BCUT2D eigenvalue weighted by Crippen LogP contribution is -1.88. The maximum atomic E-state index is 5.19. The van der Waals surface area contributed by atoms with Crippen LogP contribution < -0.4 is 9.47 Å². The lowest BCUT2D eigenvalue weighted by Gasteiger charge is -2.06. The molecule has 2 heteroatoms. The zero-order valence-electron chi connectivity index (χ0n) is 9.78. The molecule has 0 fully saturated rings. The molecule has 0 radical (unpaired) electrons. The lowest BCUT2D eigenvalue weighted by atomic mass is 10.1. The maximum absolute atomic E-state index is 5.19. The van der Waals surface area contributed by atoms with Crippen LogP contribution in [-0.2, 0) is 0 Å². The van der Waals surface area contributed by atoms with Crippen LogP contribution in [0.25, 0.3) is 6.08 Å². The molecule has 0 saturated carbocycles. The molecule has 0 unspecified atom stereocenters. The largest absolute Gasteiger partial charge is 0.497 e. The highest BCUT2D eigenvalue weighted by atomic mass is 16.5. The molecule has 0 amide bonds. The summed E-state index contributed by atoms with van der Waals surface area (Å²) in [5.74, 6) is 2.18. The maximum Gasteiger partial charge on any atom is 0.123 e. The molecule has 0 spiro atoms. The summed E-state index contributed by atoms with van der Waals surface area (Å²) in [7, 11) is 3.31. The van der Waals surface area contributed by atoms with Crippen molar-refractivity contribution in [3.63, 3.8) is 0 Å². The molecule has 1 aromatic carbocycles. The number of allylic oxidation sites excluding steroid dienone is 1. The fraction of sp³-hybridized carbons (Fsp3) is 0.385. The normalized spacial score (nSPS) is 11.0. The Kier molecular flexibility index (Phi) is 4.22. The topological polar surface area (TPSA) is 18.5 Å². The number of methoxy groups -OCH3 is 2. The molecule has 0 aliphatic rings. The zero-order valence-corrected chi connectivity index (χ0v) is 9.78. The molecule has 0 aliphatic carbocycles. The van der Waals surface area contributed by atoms with Crippen molar-refractivity contribution >= 4 is 6.08 Å². The van der Waals surface area contributed by atoms with Crippen molar-refractivity contribution in [3.8, 4) is 11.5 Å². The van der Waals surface area contributed by atoms with E-state index in [-0.39, 0.29) is 0 Å². The van der Waals surface area contributed by atoms with Crippen LogP contribution in [0.5, 0.6) is 11.5 Å². The molecule has 15 heavy (non-hydrogen) atoms. The number of benzene rings is 1. The Morgan fingerprint density at radius 1 is 1.00 bits per heavy atom. The fourth-order valence-corrected chi connectivity index (χ4v) is 1.23. The van der Waals surface area contributed by atoms with Crippen molar-refractivity contribution in [1.82, 2.24) is 0 Å². The van der Waals surface area contributed by atoms with Gasteiger partial charge in [-0.1, -0.05) is 26.0 Å². The van der Waals surface area contributed by atoms with E-state index in [4.69, 9.17) is 9.47 Å². The first-order valence-corrected chi connectivity index (χ1v) is 5.07. The Morgan fingerprint density at radius 3 is 1.93 bits per heavy atom. The predicted molar refractivity (Wildman–Crippen MR) is 63.4 cm³/mol. The van der Waals surface area contributed by atoms with Crippen LogP contribution in [-0.4, -0.2) is 14.2 Å². The molecule has 0 aliphatic heterocycles. The lowest BCUT2D eigenvalue weighted by molar-refractivity contribution is 0.394. The Labute approximate surface area is 91.5 Å². The predicted octanol–water partition coefficient (Wildman–Crippen LogP) is 3.37. The van der Waals surface area contributed by atoms with Gasteiger partial charge in [0.05, 0.1) is 14.2 Å². The number of hydrogen-bond donors (Lipinski definition) is 0. The number of hydrogen-bond acceptors (Lipinski definition) is 2. The van der Waals surface area contributed by atoms with E-state index < -0.39 is 0 Å². The Balaban J connectivity index is 2.96. The van der Waals surface area contributed by atoms with Crippen molar-refractivity contribution < 1.29 is 9.47 Å². The quantitative estimate of drug-likeness (QED) is 0.752. The number of rotatable bonds is 4. The Bertz CT molecular complexity index is 318. The van der Waals surface area contributed by atoms with E-state index in [1.807, 2.05) is 18.2 Å². The third-order valence-corrected chi connectivity index (χ3v) is 2.05. The van der Waals surface area contributed by atoms with Gasteiger partial charge in [-0.2, -0.15) is 0 Å². The van der Waals surface area contributed by atoms with Crippen LogP contribution >= 0.6 is 0 Å². The van der Waals surface area contributed by atoms with Gasteiger partial charge >= 0.3 is 0 Å². The molecule has 1 aromatic rings. The van der Waals surface area contributed by atoms with E-state index in [0.29, 0.717) is 5.92 Å². The van der Waals surface area contributed by atoms with Crippen molar-refractivity contribution in [2.45, 2.75) is 13.8 Å². The van der Waals surface area contributed by atoms with E-state index in [2.05, 4.69) is 26.0 Å². The highest BCUT2D eigenvalue weighted by molar-refractivity contribution is 5.55. The van der Waals surface area contributed by atoms with E-state index in [9.17, 15) is 0 Å². The molecule has 82 valence electrons. The number of ether oxygens (including phenoxy) is 2. The molecular formula is C13H18O2. The van der Waals surface area contributed by atoms with Gasteiger partial charge in [0.15, 0.2) is 0 Å². The summed E-state index contributed by atoms with van der Waals surface area (Å²) in [4.78, 5) is 0. The Morgan fingerprint density at radius 2 is 1.53 bits per heavy atom. The smallest absolute Gasteiger partial charge is 0.123 e. The molecular weight excluding hydrogens is 188 g/mol. The molecule has 2 nitrogen and oxygen atoms in total. The second-order valence-corrected chi connectivity index (χ2v) is 3.75. The SMILES string of the molecule is COc1cc(/C=C/C(C)C)cc(OC)c1. The summed E-state index contributed by atoms with van der Waals surface area (Å²) < 4.78 is 10.4. The zero-order chi connectivity index (χ0) is 11.3. The van der Waals surface area contributed by atoms with E-state index >= 15 is 0 Å². The average Bonchev–Trinajstić information content (AvgIpc) is 2.25. The molecule has 0 aromatic heterocycles. The van der Waals surface area contributed by atoms with E-state index in [0.717, 1.165) is 17.1 Å². The first kappa shape index (κ1) is 11.6. The summed E-state index contributed by atoms with van der Waals surface area (Å²) >= 11 is 0. The van der Waals surface area contributed by atoms with Gasteiger partial charge in [-0.15, -0.1) is 0 Å². The van der Waals surface area contributed by atoms with Gasteiger partial charge in [-0.3, -0.25) is 0 Å². The summed E-state index contributed by atoms with van der Waals surface area (Å²) in [6.45, 7) is 4.29. The monoisotopic (exact) mass is 206 g/mol. The van der Waals surface area contributed by atoms with Crippen molar-refractivity contribution in [2.24, 2.45) is 5.92 Å². The summed E-state index contributed by atoms with van der Waals surface area (Å²) in [6.07, 6.45) is 4.23. The summed E-state index contributed by atoms with van der Waals surface area (Å²) in [5, 5.41) is 0. The summed E-state index contributed by atoms with van der Waals surface area (Å²) in [6, 6.07) is 5.84. The minimum absolute atomic E-state index is 0.544. The van der Waals surface area contributed by atoms with Crippen LogP contribution in [0.2, 0.25) is 0 Å². The highest BCUT2D eigenvalue weighted by Crippen LogP contribution is 2.23. The third kappa shape index (κ3) is 3.66. The molecule has 0 saturated heterocycles. The third-order valence-electron chi connectivity index (χ3n) is 2.05. The van der Waals surface area contributed by atoms with E-state index in [1.54, 1.807) is 14.2 Å². The van der Waals surface area contributed by atoms with Crippen LogP contribution in [0.15, 0.2) is 24.3 Å². The second-order valence-electron chi connectivity index (χ2n) is 3.75. The van der Waals surface area contributed by atoms with Crippen molar-refractivity contribution in [1.29, 1.82) is 0 Å². The fourth-order valence-electron chi connectivity index (χ4n) is 1.23. The molecule has 0 heterocycles. The second kappa shape index (κ2) is 5.44. The van der Waals surface area contributed by atoms with Gasteiger partial charge in [0, 0.05) is 6.07 Å². The average molecular weight is 206 g/mol. The molecule has 1 rings (SSSR count). The van der Waals surface area contributed by atoms with Crippen molar-refractivity contribution in [2.75, 3.05) is 14.2 Å². The van der Waals surface area contributed by atoms with Gasteiger partial charge in [0.1, 0.15) is 11.5 Å². The first-order chi connectivity index (χ1) is 7.15. The van der Waals surface area contributed by atoms with Gasteiger partial charge in [0.25, 0.3) is 0 Å². The van der Waals surface area contributed by atoms with Gasteiger partial charge in [-0.05, 0) is 23.6 Å². The minimum Gasteiger partial charge on any atom is -0.497 e. The first-order valence-electron chi connectivity index (χ1n) is 5.07. The van der Waals surface area contributed by atoms with Gasteiger partial charge < -0.3 is 9.47 Å². The minimum atomic E-state index is 0.544. The highest BCUT2D eigenvalue weighted by Gasteiger charge is 1.99. The van der Waals surface area contributed by atoms with Crippen LogP contribution in [0.3, 0.4) is 0 Å². The van der Waals surface area contributed by atoms with Crippen LogP contribution in [0, 0.1) is 5.92 Å².